The van der Waals surface area contributed by atoms with Crippen molar-refractivity contribution < 1.29 is 8.42 Å². The summed E-state index contributed by atoms with van der Waals surface area (Å²) in [5.74, 6) is 1.77. The van der Waals surface area contributed by atoms with E-state index in [0.29, 0.717) is 32.7 Å². The van der Waals surface area contributed by atoms with Gasteiger partial charge in [0.2, 0.25) is 10.0 Å². The van der Waals surface area contributed by atoms with E-state index in [2.05, 4.69) is 20.2 Å². The summed E-state index contributed by atoms with van der Waals surface area (Å²) >= 11 is 0. The largest absolute Gasteiger partial charge is 0.355 e. The predicted octanol–water partition coefficient (Wildman–Crippen LogP) is 0.0424. The summed E-state index contributed by atoms with van der Waals surface area (Å²) in [4.78, 5) is 12.7. The van der Waals surface area contributed by atoms with E-state index in [1.807, 2.05) is 30.1 Å². The maximum absolute atomic E-state index is 12.5. The molecule has 0 bridgehead atoms. The van der Waals surface area contributed by atoms with Gasteiger partial charge in [-0.15, -0.1) is 24.0 Å². The molecule has 0 saturated carbocycles. The zero-order chi connectivity index (χ0) is 17.0. The summed E-state index contributed by atoms with van der Waals surface area (Å²) in [5.41, 5.74) is 0. The van der Waals surface area contributed by atoms with Crippen LogP contribution in [0.4, 0.5) is 5.82 Å². The number of aliphatic imine (C=N–C) groups is 1. The van der Waals surface area contributed by atoms with Gasteiger partial charge in [0, 0.05) is 52.5 Å². The van der Waals surface area contributed by atoms with Crippen molar-refractivity contribution in [3.8, 4) is 0 Å². The number of rotatable bonds is 5. The minimum absolute atomic E-state index is 0. The number of piperazine rings is 1. The standard InChI is InChI=1S/C15H24N6O2S.HI/c1-19-8-6-17-15(19)18-7-13-24(22,23)21-11-9-20(10-12-21)14-4-2-3-5-16-14;/h2-5H,6-13H2,1H3,(H,17,18);1H. The molecular weight excluding hydrogens is 455 g/mol. The number of likely N-dealkylation sites (N-methyl/N-ethyl adjacent to an activating group) is 1. The number of pyridine rings is 1. The van der Waals surface area contributed by atoms with Crippen molar-refractivity contribution in [2.75, 3.05) is 63.5 Å². The van der Waals surface area contributed by atoms with Crippen molar-refractivity contribution in [1.82, 2.24) is 19.5 Å². The van der Waals surface area contributed by atoms with Crippen LogP contribution in [0.25, 0.3) is 0 Å². The summed E-state index contributed by atoms with van der Waals surface area (Å²) in [6, 6.07) is 5.77. The zero-order valence-corrected chi connectivity index (χ0v) is 17.5. The fourth-order valence-electron chi connectivity index (χ4n) is 2.88. The number of guanidine groups is 1. The van der Waals surface area contributed by atoms with Gasteiger partial charge in [-0.1, -0.05) is 6.07 Å². The predicted molar refractivity (Wildman–Crippen MR) is 110 cm³/mol. The highest BCUT2D eigenvalue weighted by molar-refractivity contribution is 14.0. The Hall–Kier alpha value is -1.14. The Bertz CT molecular complexity index is 677. The molecule has 1 N–H and O–H groups in total. The summed E-state index contributed by atoms with van der Waals surface area (Å²) in [5, 5.41) is 3.11. The molecule has 2 aliphatic rings. The highest BCUT2D eigenvalue weighted by Crippen LogP contribution is 2.14. The van der Waals surface area contributed by atoms with E-state index in [1.54, 1.807) is 10.5 Å². The van der Waals surface area contributed by atoms with Crippen LogP contribution in [0.5, 0.6) is 0 Å². The highest BCUT2D eigenvalue weighted by Gasteiger charge is 2.27. The number of sulfonamides is 1. The molecule has 0 spiro atoms. The van der Waals surface area contributed by atoms with E-state index >= 15 is 0 Å². The van der Waals surface area contributed by atoms with Crippen LogP contribution in [0.15, 0.2) is 29.4 Å². The first-order valence-electron chi connectivity index (χ1n) is 8.19. The molecule has 2 aliphatic heterocycles. The number of hydrogen-bond acceptors (Lipinski definition) is 7. The molecule has 3 rings (SSSR count). The van der Waals surface area contributed by atoms with Crippen LogP contribution >= 0.6 is 24.0 Å². The Balaban J connectivity index is 0.00000225. The second-order valence-electron chi connectivity index (χ2n) is 5.94. The first-order valence-corrected chi connectivity index (χ1v) is 9.80. The number of nitrogens with one attached hydrogen (secondary N) is 1. The summed E-state index contributed by atoms with van der Waals surface area (Å²) in [6.07, 6.45) is 1.76. The number of halogens is 1. The molecule has 0 amide bonds. The summed E-state index contributed by atoms with van der Waals surface area (Å²) in [6.45, 7) is 4.36. The summed E-state index contributed by atoms with van der Waals surface area (Å²) in [7, 11) is -1.30. The first kappa shape index (κ1) is 20.2. The molecule has 1 aromatic heterocycles. The molecule has 0 unspecified atom stereocenters. The second kappa shape index (κ2) is 8.99. The maximum atomic E-state index is 12.5. The van der Waals surface area contributed by atoms with Crippen molar-refractivity contribution in [1.29, 1.82) is 0 Å². The fraction of sp³-hybridized carbons (Fsp3) is 0.600. The van der Waals surface area contributed by atoms with Crippen molar-refractivity contribution in [3.63, 3.8) is 0 Å². The smallest absolute Gasteiger partial charge is 0.215 e. The minimum atomic E-state index is -3.25. The van der Waals surface area contributed by atoms with Gasteiger partial charge in [0.1, 0.15) is 5.82 Å². The maximum Gasteiger partial charge on any atom is 0.215 e. The molecule has 140 valence electrons. The van der Waals surface area contributed by atoms with Gasteiger partial charge in [-0.25, -0.2) is 13.4 Å². The van der Waals surface area contributed by atoms with E-state index in [-0.39, 0.29) is 29.7 Å². The van der Waals surface area contributed by atoms with Crippen LogP contribution in [-0.2, 0) is 10.0 Å². The molecule has 8 nitrogen and oxygen atoms in total. The molecule has 1 fully saturated rings. The Kier molecular flexibility index (Phi) is 7.25. The Labute approximate surface area is 166 Å². The third-order valence-corrected chi connectivity index (χ3v) is 6.18. The monoisotopic (exact) mass is 480 g/mol. The highest BCUT2D eigenvalue weighted by atomic mass is 127. The molecule has 0 radical (unpaired) electrons. The van der Waals surface area contributed by atoms with E-state index in [1.165, 1.54) is 0 Å². The Morgan fingerprint density at radius 3 is 2.52 bits per heavy atom. The Morgan fingerprint density at radius 1 is 1.16 bits per heavy atom. The van der Waals surface area contributed by atoms with Gasteiger partial charge in [-0.2, -0.15) is 4.31 Å². The number of hydrogen-bond donors (Lipinski definition) is 1. The third kappa shape index (κ3) is 5.17. The third-order valence-electron chi connectivity index (χ3n) is 4.31. The number of nitrogens with zero attached hydrogens (tertiary/aromatic N) is 5. The second-order valence-corrected chi connectivity index (χ2v) is 8.03. The average Bonchev–Trinajstić information content (AvgIpc) is 3.01. The zero-order valence-electron chi connectivity index (χ0n) is 14.3. The van der Waals surface area contributed by atoms with Crippen LogP contribution in [0.3, 0.4) is 0 Å². The lowest BCUT2D eigenvalue weighted by Gasteiger charge is -2.34. The lowest BCUT2D eigenvalue weighted by atomic mass is 10.3. The molecular formula is C15H25IN6O2S. The van der Waals surface area contributed by atoms with Crippen molar-refractivity contribution in [2.24, 2.45) is 4.99 Å². The van der Waals surface area contributed by atoms with E-state index in [9.17, 15) is 8.42 Å². The van der Waals surface area contributed by atoms with Gasteiger partial charge in [0.05, 0.1) is 12.3 Å². The fourth-order valence-corrected chi connectivity index (χ4v) is 4.22. The topological polar surface area (TPSA) is 81.1 Å². The SMILES string of the molecule is CN1CCN=C1NCCS(=O)(=O)N1CCN(c2ccccn2)CC1.I. The van der Waals surface area contributed by atoms with E-state index in [4.69, 9.17) is 0 Å². The molecule has 10 heteroatoms. The lowest BCUT2D eigenvalue weighted by Crippen LogP contribution is -2.50. The molecule has 0 aliphatic carbocycles. The number of anilines is 1. The Morgan fingerprint density at radius 2 is 1.92 bits per heavy atom. The molecule has 1 saturated heterocycles. The van der Waals surface area contributed by atoms with Gasteiger partial charge in [0.15, 0.2) is 5.96 Å². The van der Waals surface area contributed by atoms with Crippen LogP contribution in [0.2, 0.25) is 0 Å². The summed E-state index contributed by atoms with van der Waals surface area (Å²) < 4.78 is 26.5. The quantitative estimate of drug-likeness (QED) is 0.600. The lowest BCUT2D eigenvalue weighted by molar-refractivity contribution is 0.383. The minimum Gasteiger partial charge on any atom is -0.355 e. The van der Waals surface area contributed by atoms with Crippen LogP contribution in [0, 0.1) is 0 Å². The molecule has 0 aromatic carbocycles. The van der Waals surface area contributed by atoms with Crippen LogP contribution in [0.1, 0.15) is 0 Å². The van der Waals surface area contributed by atoms with Gasteiger partial charge < -0.3 is 15.1 Å². The molecule has 25 heavy (non-hydrogen) atoms. The molecule has 0 atom stereocenters. The van der Waals surface area contributed by atoms with E-state index in [0.717, 1.165) is 24.9 Å². The van der Waals surface area contributed by atoms with E-state index < -0.39 is 10.0 Å². The van der Waals surface area contributed by atoms with Gasteiger partial charge >= 0.3 is 0 Å². The van der Waals surface area contributed by atoms with Crippen molar-refractivity contribution in [3.05, 3.63) is 24.4 Å². The van der Waals surface area contributed by atoms with Crippen LogP contribution in [-0.4, -0.2) is 87.2 Å². The van der Waals surface area contributed by atoms with Gasteiger partial charge in [-0.05, 0) is 12.1 Å². The average molecular weight is 480 g/mol. The van der Waals surface area contributed by atoms with Crippen LogP contribution < -0.4 is 10.2 Å². The van der Waals surface area contributed by atoms with Crippen molar-refractivity contribution in [2.45, 2.75) is 0 Å². The molecule has 1 aromatic rings. The molecule has 3 heterocycles. The number of aromatic nitrogens is 1. The first-order chi connectivity index (χ1) is 11.6. The van der Waals surface area contributed by atoms with Crippen molar-refractivity contribution >= 4 is 45.8 Å². The van der Waals surface area contributed by atoms with Gasteiger partial charge in [-0.3, -0.25) is 4.99 Å². The normalized spacial score (nSPS) is 18.7. The van der Waals surface area contributed by atoms with Gasteiger partial charge in [0.25, 0.3) is 0 Å².